The van der Waals surface area contributed by atoms with Crippen molar-refractivity contribution >= 4 is 17.4 Å². The molecule has 0 radical (unpaired) electrons. The van der Waals surface area contributed by atoms with Gasteiger partial charge in [0.2, 0.25) is 0 Å². The maximum Gasteiger partial charge on any atom is 0.137 e. The number of carbonyl (C=O) groups excluding carboxylic acids is 1. The molecule has 0 amide bonds. The molecule has 1 rings (SSSR count). The Balaban J connectivity index is 2.56. The maximum absolute atomic E-state index is 13.4. The fourth-order valence-corrected chi connectivity index (χ4v) is 1.57. The molecule has 0 saturated heterocycles. The van der Waals surface area contributed by atoms with Crippen LogP contribution in [0.25, 0.3) is 0 Å². The van der Waals surface area contributed by atoms with Gasteiger partial charge in [-0.3, -0.25) is 4.79 Å². The van der Waals surface area contributed by atoms with Gasteiger partial charge in [0, 0.05) is 17.9 Å². The molecular weight excluding hydrogens is 227 g/mol. The Morgan fingerprint density at radius 3 is 2.69 bits per heavy atom. The standard InChI is InChI=1S/C13H16ClFO/c1-9(2)3-6-12(16)7-10-4-5-11(14)8-13(10)15/h4-5,8-9H,3,6-7H2,1-2H3. The van der Waals surface area contributed by atoms with Crippen molar-refractivity contribution in [2.75, 3.05) is 0 Å². The van der Waals surface area contributed by atoms with E-state index in [0.717, 1.165) is 6.42 Å². The average molecular weight is 243 g/mol. The van der Waals surface area contributed by atoms with Crippen molar-refractivity contribution in [1.82, 2.24) is 0 Å². The Kier molecular flexibility index (Phi) is 4.94. The van der Waals surface area contributed by atoms with Crippen molar-refractivity contribution in [2.45, 2.75) is 33.1 Å². The van der Waals surface area contributed by atoms with Crippen LogP contribution in [-0.4, -0.2) is 5.78 Å². The molecule has 0 aromatic heterocycles. The zero-order valence-electron chi connectivity index (χ0n) is 9.59. The highest BCUT2D eigenvalue weighted by Crippen LogP contribution is 2.16. The quantitative estimate of drug-likeness (QED) is 0.762. The van der Waals surface area contributed by atoms with Gasteiger partial charge < -0.3 is 0 Å². The topological polar surface area (TPSA) is 17.1 Å². The van der Waals surface area contributed by atoms with Gasteiger partial charge in [0.25, 0.3) is 0 Å². The summed E-state index contributed by atoms with van der Waals surface area (Å²) in [7, 11) is 0. The molecule has 1 aromatic rings. The predicted molar refractivity (Wildman–Crippen MR) is 64.2 cm³/mol. The van der Waals surface area contributed by atoms with Crippen LogP contribution in [0.5, 0.6) is 0 Å². The highest BCUT2D eigenvalue weighted by Gasteiger charge is 2.09. The van der Waals surface area contributed by atoms with E-state index in [1.807, 2.05) is 0 Å². The van der Waals surface area contributed by atoms with Gasteiger partial charge >= 0.3 is 0 Å². The van der Waals surface area contributed by atoms with Gasteiger partial charge in [-0.1, -0.05) is 31.5 Å². The van der Waals surface area contributed by atoms with Crippen LogP contribution in [0.1, 0.15) is 32.3 Å². The van der Waals surface area contributed by atoms with Gasteiger partial charge in [0.15, 0.2) is 0 Å². The second-order valence-corrected chi connectivity index (χ2v) is 4.82. The number of carbonyl (C=O) groups is 1. The van der Waals surface area contributed by atoms with Crippen LogP contribution in [0.4, 0.5) is 4.39 Å². The molecule has 0 N–H and O–H groups in total. The molecule has 88 valence electrons. The third-order valence-corrected chi connectivity index (χ3v) is 2.64. The van der Waals surface area contributed by atoms with Gasteiger partial charge in [-0.25, -0.2) is 4.39 Å². The van der Waals surface area contributed by atoms with E-state index in [-0.39, 0.29) is 12.2 Å². The van der Waals surface area contributed by atoms with Crippen LogP contribution in [0.3, 0.4) is 0 Å². The zero-order chi connectivity index (χ0) is 12.1. The fraction of sp³-hybridized carbons (Fsp3) is 0.462. The minimum absolute atomic E-state index is 0.0786. The van der Waals surface area contributed by atoms with Gasteiger partial charge in [0.1, 0.15) is 11.6 Å². The van der Waals surface area contributed by atoms with Crippen LogP contribution in [-0.2, 0) is 11.2 Å². The monoisotopic (exact) mass is 242 g/mol. The van der Waals surface area contributed by atoms with Crippen LogP contribution in [0.15, 0.2) is 18.2 Å². The maximum atomic E-state index is 13.4. The molecule has 0 atom stereocenters. The third kappa shape index (κ3) is 4.31. The first-order valence-electron chi connectivity index (χ1n) is 5.44. The molecule has 0 aliphatic carbocycles. The van der Waals surface area contributed by atoms with E-state index in [9.17, 15) is 9.18 Å². The van der Waals surface area contributed by atoms with E-state index in [1.54, 1.807) is 12.1 Å². The smallest absolute Gasteiger partial charge is 0.137 e. The average Bonchev–Trinajstić information content (AvgIpc) is 2.19. The third-order valence-electron chi connectivity index (χ3n) is 2.40. The summed E-state index contributed by atoms with van der Waals surface area (Å²) in [5.74, 6) is 0.180. The second-order valence-electron chi connectivity index (χ2n) is 4.38. The molecule has 0 bridgehead atoms. The van der Waals surface area contributed by atoms with Gasteiger partial charge in [-0.2, -0.15) is 0 Å². The van der Waals surface area contributed by atoms with Crippen molar-refractivity contribution < 1.29 is 9.18 Å². The summed E-state index contributed by atoms with van der Waals surface area (Å²) in [4.78, 5) is 11.6. The summed E-state index contributed by atoms with van der Waals surface area (Å²) < 4.78 is 13.4. The Morgan fingerprint density at radius 2 is 2.12 bits per heavy atom. The van der Waals surface area contributed by atoms with Crippen molar-refractivity contribution in [1.29, 1.82) is 0 Å². The van der Waals surface area contributed by atoms with E-state index in [1.165, 1.54) is 6.07 Å². The molecule has 0 saturated carbocycles. The Morgan fingerprint density at radius 1 is 1.44 bits per heavy atom. The van der Waals surface area contributed by atoms with Crippen LogP contribution in [0, 0.1) is 11.7 Å². The summed E-state index contributed by atoms with van der Waals surface area (Å²) in [5, 5.41) is 0.357. The molecule has 0 spiro atoms. The molecule has 0 fully saturated rings. The van der Waals surface area contributed by atoms with Crippen molar-refractivity contribution in [3.05, 3.63) is 34.6 Å². The van der Waals surface area contributed by atoms with Gasteiger partial charge in [-0.05, 0) is 30.0 Å². The Hall–Kier alpha value is -0.890. The lowest BCUT2D eigenvalue weighted by Gasteiger charge is -2.05. The Labute approximate surface area is 101 Å². The van der Waals surface area contributed by atoms with Crippen LogP contribution in [0.2, 0.25) is 5.02 Å². The van der Waals surface area contributed by atoms with E-state index < -0.39 is 5.82 Å². The number of benzene rings is 1. The lowest BCUT2D eigenvalue weighted by molar-refractivity contribution is -0.118. The lowest BCUT2D eigenvalue weighted by Crippen LogP contribution is -2.05. The molecule has 1 nitrogen and oxygen atoms in total. The lowest BCUT2D eigenvalue weighted by atomic mass is 10.0. The van der Waals surface area contributed by atoms with Crippen molar-refractivity contribution in [3.63, 3.8) is 0 Å². The summed E-state index contributed by atoms with van der Waals surface area (Å²) in [6.07, 6.45) is 1.53. The van der Waals surface area contributed by atoms with E-state index in [0.29, 0.717) is 22.9 Å². The highest BCUT2D eigenvalue weighted by molar-refractivity contribution is 6.30. The normalized spacial score (nSPS) is 10.8. The number of ketones is 1. The summed E-state index contributed by atoms with van der Waals surface area (Å²) in [6.45, 7) is 4.13. The van der Waals surface area contributed by atoms with Crippen LogP contribution >= 0.6 is 11.6 Å². The first-order valence-corrected chi connectivity index (χ1v) is 5.82. The van der Waals surface area contributed by atoms with E-state index in [2.05, 4.69) is 13.8 Å². The van der Waals surface area contributed by atoms with E-state index in [4.69, 9.17) is 11.6 Å². The fourth-order valence-electron chi connectivity index (χ4n) is 1.42. The summed E-state index contributed by atoms with van der Waals surface area (Å²) in [6, 6.07) is 4.42. The molecule has 0 heterocycles. The van der Waals surface area contributed by atoms with Gasteiger partial charge in [-0.15, -0.1) is 0 Å². The highest BCUT2D eigenvalue weighted by atomic mass is 35.5. The predicted octanol–water partition coefficient (Wildman–Crippen LogP) is 4.03. The summed E-state index contributed by atoms with van der Waals surface area (Å²) >= 11 is 5.63. The molecule has 1 aromatic carbocycles. The minimum Gasteiger partial charge on any atom is -0.299 e. The molecule has 0 unspecified atom stereocenters. The molecule has 3 heteroatoms. The zero-order valence-corrected chi connectivity index (χ0v) is 10.4. The number of Topliss-reactive ketones (excluding diaryl/α,β-unsaturated/α-hetero) is 1. The first-order chi connectivity index (χ1) is 7.49. The second kappa shape index (κ2) is 6.00. The minimum atomic E-state index is -0.398. The number of hydrogen-bond donors (Lipinski definition) is 0. The number of halogens is 2. The van der Waals surface area contributed by atoms with Crippen LogP contribution < -0.4 is 0 Å². The van der Waals surface area contributed by atoms with E-state index >= 15 is 0 Å². The largest absolute Gasteiger partial charge is 0.299 e. The number of rotatable bonds is 5. The van der Waals surface area contributed by atoms with Gasteiger partial charge in [0.05, 0.1) is 0 Å². The van der Waals surface area contributed by atoms with Crippen molar-refractivity contribution in [3.8, 4) is 0 Å². The van der Waals surface area contributed by atoms with Crippen molar-refractivity contribution in [2.24, 2.45) is 5.92 Å². The number of hydrogen-bond acceptors (Lipinski definition) is 1. The molecule has 16 heavy (non-hydrogen) atoms. The first kappa shape index (κ1) is 13.2. The molecular formula is C13H16ClFO. The molecule has 0 aliphatic heterocycles. The molecule has 0 aliphatic rings. The SMILES string of the molecule is CC(C)CCC(=O)Cc1ccc(Cl)cc1F. The summed E-state index contributed by atoms with van der Waals surface area (Å²) in [5.41, 5.74) is 0.429. The Bertz CT molecular complexity index is 374.